The molecule has 0 aliphatic heterocycles. The summed E-state index contributed by atoms with van der Waals surface area (Å²) in [7, 11) is 1.67. The number of aryl methyl sites for hydroxylation is 1. The molecule has 0 aliphatic rings. The lowest BCUT2D eigenvalue weighted by molar-refractivity contribution is 0.414. The molecule has 88 valence electrons. The van der Waals surface area contributed by atoms with Gasteiger partial charge in [-0.05, 0) is 42.8 Å². The van der Waals surface area contributed by atoms with Gasteiger partial charge in [0.05, 0.1) is 7.11 Å². The van der Waals surface area contributed by atoms with E-state index in [1.165, 1.54) is 5.56 Å². The van der Waals surface area contributed by atoms with Gasteiger partial charge in [-0.15, -0.1) is 0 Å². The van der Waals surface area contributed by atoms with Crippen molar-refractivity contribution in [3.05, 3.63) is 48.0 Å². The summed E-state index contributed by atoms with van der Waals surface area (Å²) in [6, 6.07) is 14.0. The minimum absolute atomic E-state index is 0.825. The van der Waals surface area contributed by atoms with Crippen LogP contribution in [0.15, 0.2) is 52.3 Å². The number of hydrogen-bond acceptors (Lipinski definition) is 3. The summed E-state index contributed by atoms with van der Waals surface area (Å²) in [4.78, 5) is 2.28. The normalized spacial score (nSPS) is 10.2. The number of benzene rings is 2. The summed E-state index contributed by atoms with van der Waals surface area (Å²) >= 11 is 1.68. The molecule has 2 aromatic rings. The SMILES string of the molecule is COc1ccc(Sc2c(C)cccc2N)cc1. The molecule has 2 N–H and O–H groups in total. The third-order valence-corrected chi connectivity index (χ3v) is 3.79. The Balaban J connectivity index is 2.25. The Morgan fingerprint density at radius 1 is 1.06 bits per heavy atom. The molecule has 0 aliphatic carbocycles. The zero-order valence-electron chi connectivity index (χ0n) is 9.94. The van der Waals surface area contributed by atoms with Gasteiger partial charge in [0.2, 0.25) is 0 Å². The Bertz CT molecular complexity index is 488. The lowest BCUT2D eigenvalue weighted by Gasteiger charge is -2.09. The second-order valence-corrected chi connectivity index (χ2v) is 4.85. The van der Waals surface area contributed by atoms with Crippen LogP contribution in [0.1, 0.15) is 5.56 Å². The minimum Gasteiger partial charge on any atom is -0.497 e. The van der Waals surface area contributed by atoms with Crippen LogP contribution in [0.5, 0.6) is 5.75 Å². The van der Waals surface area contributed by atoms with Gasteiger partial charge in [0.1, 0.15) is 5.75 Å². The number of methoxy groups -OCH3 is 1. The van der Waals surface area contributed by atoms with Crippen LogP contribution in [0.2, 0.25) is 0 Å². The Hall–Kier alpha value is -1.61. The van der Waals surface area contributed by atoms with Gasteiger partial charge in [-0.3, -0.25) is 0 Å². The highest BCUT2D eigenvalue weighted by atomic mass is 32.2. The van der Waals surface area contributed by atoms with Crippen LogP contribution in [0.3, 0.4) is 0 Å². The fourth-order valence-electron chi connectivity index (χ4n) is 1.58. The Morgan fingerprint density at radius 2 is 1.76 bits per heavy atom. The Morgan fingerprint density at radius 3 is 2.35 bits per heavy atom. The zero-order valence-corrected chi connectivity index (χ0v) is 10.8. The Labute approximate surface area is 106 Å². The summed E-state index contributed by atoms with van der Waals surface area (Å²) in [5, 5.41) is 0. The molecule has 0 saturated carbocycles. The smallest absolute Gasteiger partial charge is 0.118 e. The zero-order chi connectivity index (χ0) is 12.3. The molecule has 0 atom stereocenters. The second-order valence-electron chi connectivity index (χ2n) is 3.77. The Kier molecular flexibility index (Phi) is 3.59. The highest BCUT2D eigenvalue weighted by molar-refractivity contribution is 7.99. The average Bonchev–Trinajstić information content (AvgIpc) is 2.35. The van der Waals surface area contributed by atoms with Crippen LogP contribution < -0.4 is 10.5 Å². The van der Waals surface area contributed by atoms with Crippen molar-refractivity contribution >= 4 is 17.4 Å². The van der Waals surface area contributed by atoms with Gasteiger partial charge in [0.15, 0.2) is 0 Å². The molecule has 0 fully saturated rings. The van der Waals surface area contributed by atoms with Crippen LogP contribution in [0, 0.1) is 6.92 Å². The summed E-state index contributed by atoms with van der Waals surface area (Å²) in [5.41, 5.74) is 8.00. The van der Waals surface area contributed by atoms with Crippen molar-refractivity contribution in [2.75, 3.05) is 12.8 Å². The quantitative estimate of drug-likeness (QED) is 0.837. The third kappa shape index (κ3) is 2.74. The van der Waals surface area contributed by atoms with E-state index >= 15 is 0 Å². The van der Waals surface area contributed by atoms with E-state index in [1.807, 2.05) is 36.4 Å². The molecule has 2 rings (SSSR count). The first-order chi connectivity index (χ1) is 8.20. The summed E-state index contributed by atoms with van der Waals surface area (Å²) in [6.07, 6.45) is 0. The van der Waals surface area contributed by atoms with Crippen molar-refractivity contribution < 1.29 is 4.74 Å². The maximum Gasteiger partial charge on any atom is 0.118 e. The van der Waals surface area contributed by atoms with Gasteiger partial charge in [0.25, 0.3) is 0 Å². The molecule has 0 spiro atoms. The van der Waals surface area contributed by atoms with E-state index in [9.17, 15) is 0 Å². The molecule has 0 amide bonds. The van der Waals surface area contributed by atoms with Crippen molar-refractivity contribution in [3.63, 3.8) is 0 Å². The van der Waals surface area contributed by atoms with Crippen LogP contribution in [-0.2, 0) is 0 Å². The van der Waals surface area contributed by atoms with Crippen molar-refractivity contribution in [2.45, 2.75) is 16.7 Å². The van der Waals surface area contributed by atoms with Crippen LogP contribution in [-0.4, -0.2) is 7.11 Å². The predicted octanol–water partition coefficient (Wildman–Crippen LogP) is 3.74. The summed E-state index contributed by atoms with van der Waals surface area (Å²) in [5.74, 6) is 0.868. The number of nitrogen functional groups attached to an aromatic ring is 1. The largest absolute Gasteiger partial charge is 0.497 e. The molecule has 0 bridgehead atoms. The fourth-order valence-corrected chi connectivity index (χ4v) is 2.50. The number of hydrogen-bond donors (Lipinski definition) is 1. The lowest BCUT2D eigenvalue weighted by atomic mass is 10.2. The summed E-state index contributed by atoms with van der Waals surface area (Å²) in [6.45, 7) is 2.07. The van der Waals surface area contributed by atoms with Gasteiger partial charge in [-0.1, -0.05) is 23.9 Å². The van der Waals surface area contributed by atoms with Gasteiger partial charge in [0, 0.05) is 15.5 Å². The van der Waals surface area contributed by atoms with Crippen LogP contribution in [0.25, 0.3) is 0 Å². The maximum absolute atomic E-state index is 5.98. The van der Waals surface area contributed by atoms with Crippen molar-refractivity contribution in [1.82, 2.24) is 0 Å². The molecule has 2 aromatic carbocycles. The topological polar surface area (TPSA) is 35.2 Å². The van der Waals surface area contributed by atoms with E-state index in [1.54, 1.807) is 18.9 Å². The monoisotopic (exact) mass is 245 g/mol. The highest BCUT2D eigenvalue weighted by Gasteiger charge is 2.05. The van der Waals surface area contributed by atoms with Crippen molar-refractivity contribution in [1.29, 1.82) is 0 Å². The molecule has 0 saturated heterocycles. The van der Waals surface area contributed by atoms with Crippen molar-refractivity contribution in [2.24, 2.45) is 0 Å². The van der Waals surface area contributed by atoms with Gasteiger partial charge in [-0.25, -0.2) is 0 Å². The molecular formula is C14H15NOS. The van der Waals surface area contributed by atoms with E-state index in [0.29, 0.717) is 0 Å². The number of ether oxygens (including phenoxy) is 1. The van der Waals surface area contributed by atoms with E-state index in [4.69, 9.17) is 10.5 Å². The molecule has 3 heteroatoms. The average molecular weight is 245 g/mol. The lowest BCUT2D eigenvalue weighted by Crippen LogP contribution is -1.90. The van der Waals surface area contributed by atoms with Gasteiger partial charge in [-0.2, -0.15) is 0 Å². The number of nitrogens with two attached hydrogens (primary N) is 1. The first-order valence-corrected chi connectivity index (χ1v) is 6.19. The third-order valence-electron chi connectivity index (χ3n) is 2.52. The second kappa shape index (κ2) is 5.15. The highest BCUT2D eigenvalue weighted by Crippen LogP contribution is 2.35. The van der Waals surface area contributed by atoms with Crippen LogP contribution in [0.4, 0.5) is 5.69 Å². The number of rotatable bonds is 3. The minimum atomic E-state index is 0.825. The van der Waals surface area contributed by atoms with Crippen LogP contribution >= 0.6 is 11.8 Å². The standard InChI is InChI=1S/C14H15NOS/c1-10-4-3-5-13(15)14(10)17-12-8-6-11(16-2)7-9-12/h3-9H,15H2,1-2H3. The van der Waals surface area contributed by atoms with E-state index < -0.39 is 0 Å². The number of anilines is 1. The first kappa shape index (κ1) is 11.9. The molecule has 0 unspecified atom stereocenters. The molecule has 0 radical (unpaired) electrons. The molecular weight excluding hydrogens is 230 g/mol. The van der Waals surface area contributed by atoms with Gasteiger partial charge >= 0.3 is 0 Å². The van der Waals surface area contributed by atoms with E-state index in [-0.39, 0.29) is 0 Å². The molecule has 2 nitrogen and oxygen atoms in total. The van der Waals surface area contributed by atoms with E-state index in [2.05, 4.69) is 13.0 Å². The fraction of sp³-hybridized carbons (Fsp3) is 0.143. The molecule has 17 heavy (non-hydrogen) atoms. The first-order valence-electron chi connectivity index (χ1n) is 5.37. The predicted molar refractivity (Wildman–Crippen MR) is 72.7 cm³/mol. The molecule has 0 aromatic heterocycles. The maximum atomic E-state index is 5.98. The van der Waals surface area contributed by atoms with Gasteiger partial charge < -0.3 is 10.5 Å². The van der Waals surface area contributed by atoms with E-state index in [0.717, 1.165) is 21.2 Å². The summed E-state index contributed by atoms with van der Waals surface area (Å²) < 4.78 is 5.13. The molecule has 0 heterocycles. The van der Waals surface area contributed by atoms with Crippen molar-refractivity contribution in [3.8, 4) is 5.75 Å².